The van der Waals surface area contributed by atoms with Crippen molar-refractivity contribution in [1.82, 2.24) is 14.5 Å². The van der Waals surface area contributed by atoms with E-state index in [0.717, 1.165) is 11.1 Å². The van der Waals surface area contributed by atoms with E-state index in [1.807, 2.05) is 35.2 Å². The van der Waals surface area contributed by atoms with Crippen LogP contribution in [0.1, 0.15) is 22.7 Å². The summed E-state index contributed by atoms with van der Waals surface area (Å²) in [5.74, 6) is -0.0615. The van der Waals surface area contributed by atoms with Crippen LogP contribution >= 0.6 is 0 Å². The Labute approximate surface area is 208 Å². The number of fused-ring (bicyclic) bond motifs is 1. The molecule has 1 atom stereocenters. The van der Waals surface area contributed by atoms with Gasteiger partial charge in [0.25, 0.3) is 11.4 Å². The molecule has 1 aliphatic heterocycles. The van der Waals surface area contributed by atoms with E-state index in [4.69, 9.17) is 6.57 Å². The number of piperazine rings is 1. The number of aryl methyl sites for hydroxylation is 1. The second kappa shape index (κ2) is 9.61. The summed E-state index contributed by atoms with van der Waals surface area (Å²) in [4.78, 5) is 25.3. The van der Waals surface area contributed by atoms with E-state index in [1.54, 1.807) is 19.2 Å². The maximum absolute atomic E-state index is 13.6. The van der Waals surface area contributed by atoms with Gasteiger partial charge in [0.05, 0.1) is 11.6 Å². The number of hydrogen-bond acceptors (Lipinski definition) is 5. The molecule has 0 radical (unpaired) electrons. The Morgan fingerprint density at radius 3 is 2.31 bits per heavy atom. The quantitative estimate of drug-likeness (QED) is 0.407. The summed E-state index contributed by atoms with van der Waals surface area (Å²) >= 11 is 0. The number of pyridine rings is 2. The standard InChI is InChI=1S/C28H23FN6O/c1-31-24-13-12-23-25(32-24)27(22(18-30)28(36)33(23)2)35-16-14-34(15-17-35)26(19-6-4-3-5-7-19)20-8-10-21(29)11-9-20/h3-13,26H,14-17H2,2H3. The first kappa shape index (κ1) is 23.2. The molecular weight excluding hydrogens is 455 g/mol. The third kappa shape index (κ3) is 4.08. The van der Waals surface area contributed by atoms with Crippen LogP contribution in [-0.2, 0) is 7.05 Å². The van der Waals surface area contributed by atoms with E-state index in [9.17, 15) is 14.4 Å². The number of halogens is 1. The van der Waals surface area contributed by atoms with E-state index in [0.29, 0.717) is 42.9 Å². The Morgan fingerprint density at radius 1 is 1.00 bits per heavy atom. The van der Waals surface area contributed by atoms with Crippen molar-refractivity contribution in [3.05, 3.63) is 111 Å². The SMILES string of the molecule is [C-]#[N+]c1ccc2c(n1)c(N1CCN(C(c3ccccc3)c3ccc(F)cc3)CC1)c(C#N)c(=O)n2C. The van der Waals surface area contributed by atoms with E-state index in [1.165, 1.54) is 16.7 Å². The molecule has 178 valence electrons. The van der Waals surface area contributed by atoms with Gasteiger partial charge in [-0.15, -0.1) is 4.98 Å². The van der Waals surface area contributed by atoms with Gasteiger partial charge in [0, 0.05) is 33.2 Å². The first-order valence-corrected chi connectivity index (χ1v) is 11.6. The maximum Gasteiger partial charge on any atom is 0.271 e. The molecule has 1 unspecified atom stereocenters. The van der Waals surface area contributed by atoms with Crippen molar-refractivity contribution in [2.24, 2.45) is 7.05 Å². The molecule has 0 aliphatic carbocycles. The molecule has 2 aromatic carbocycles. The molecule has 8 heteroatoms. The topological polar surface area (TPSA) is 69.5 Å². The number of hydrogen-bond donors (Lipinski definition) is 0. The first-order chi connectivity index (χ1) is 17.5. The van der Waals surface area contributed by atoms with Crippen LogP contribution in [0, 0.1) is 23.7 Å². The van der Waals surface area contributed by atoms with Crippen LogP contribution in [0.4, 0.5) is 15.9 Å². The lowest BCUT2D eigenvalue weighted by Gasteiger charge is -2.40. The largest absolute Gasteiger partial charge is 0.364 e. The number of rotatable bonds is 4. The number of benzene rings is 2. The van der Waals surface area contributed by atoms with Crippen molar-refractivity contribution in [3.63, 3.8) is 0 Å². The highest BCUT2D eigenvalue weighted by Crippen LogP contribution is 2.33. The molecule has 4 aromatic rings. The Balaban J connectivity index is 1.52. The summed E-state index contributed by atoms with van der Waals surface area (Å²) in [6, 6.07) is 22.0. The molecule has 0 amide bonds. The zero-order valence-electron chi connectivity index (χ0n) is 19.7. The molecule has 7 nitrogen and oxygen atoms in total. The first-order valence-electron chi connectivity index (χ1n) is 11.6. The van der Waals surface area contributed by atoms with Gasteiger partial charge in [0.1, 0.15) is 23.1 Å². The molecule has 36 heavy (non-hydrogen) atoms. The minimum atomic E-state index is -0.381. The lowest BCUT2D eigenvalue weighted by atomic mass is 9.96. The number of anilines is 1. The van der Waals surface area contributed by atoms with Gasteiger partial charge >= 0.3 is 0 Å². The van der Waals surface area contributed by atoms with Crippen molar-refractivity contribution in [2.45, 2.75) is 6.04 Å². The summed E-state index contributed by atoms with van der Waals surface area (Å²) in [5, 5.41) is 9.88. The Hall–Kier alpha value is -4.53. The van der Waals surface area contributed by atoms with Gasteiger partial charge in [-0.25, -0.2) is 4.39 Å². The van der Waals surface area contributed by atoms with Crippen LogP contribution in [0.15, 0.2) is 71.5 Å². The van der Waals surface area contributed by atoms with E-state index in [-0.39, 0.29) is 28.8 Å². The third-order valence-corrected chi connectivity index (χ3v) is 6.72. The highest BCUT2D eigenvalue weighted by Gasteiger charge is 2.30. The van der Waals surface area contributed by atoms with Crippen molar-refractivity contribution < 1.29 is 4.39 Å². The molecule has 0 bridgehead atoms. The normalized spacial score (nSPS) is 14.8. The summed E-state index contributed by atoms with van der Waals surface area (Å²) in [7, 11) is 1.61. The molecule has 2 aromatic heterocycles. The fourth-order valence-electron chi connectivity index (χ4n) is 4.95. The lowest BCUT2D eigenvalue weighted by Crippen LogP contribution is -2.48. The zero-order valence-corrected chi connectivity index (χ0v) is 19.7. The number of nitrogens with zero attached hydrogens (tertiary/aromatic N) is 6. The predicted molar refractivity (Wildman–Crippen MR) is 136 cm³/mol. The molecule has 3 heterocycles. The van der Waals surface area contributed by atoms with Crippen LogP contribution in [0.5, 0.6) is 0 Å². The molecule has 0 spiro atoms. The second-order valence-corrected chi connectivity index (χ2v) is 8.74. The molecule has 0 N–H and O–H groups in total. The second-order valence-electron chi connectivity index (χ2n) is 8.74. The zero-order chi connectivity index (χ0) is 25.2. The van der Waals surface area contributed by atoms with E-state index in [2.05, 4.69) is 32.9 Å². The average molecular weight is 479 g/mol. The molecule has 5 rings (SSSR count). The van der Waals surface area contributed by atoms with Gasteiger partial charge < -0.3 is 14.3 Å². The number of aromatic nitrogens is 2. The van der Waals surface area contributed by atoms with Gasteiger partial charge in [0.2, 0.25) is 5.52 Å². The van der Waals surface area contributed by atoms with Crippen LogP contribution in [-0.4, -0.2) is 40.6 Å². The van der Waals surface area contributed by atoms with E-state index < -0.39 is 0 Å². The summed E-state index contributed by atoms with van der Waals surface area (Å²) in [5.41, 5.74) is 3.30. The predicted octanol–water partition coefficient (Wildman–Crippen LogP) is 4.41. The molecule has 0 saturated carbocycles. The van der Waals surface area contributed by atoms with Crippen LogP contribution in [0.2, 0.25) is 0 Å². The summed E-state index contributed by atoms with van der Waals surface area (Å²) < 4.78 is 15.1. The van der Waals surface area contributed by atoms with Gasteiger partial charge in [-0.3, -0.25) is 9.69 Å². The Morgan fingerprint density at radius 2 is 1.67 bits per heavy atom. The Bertz CT molecular complexity index is 1560. The smallest absolute Gasteiger partial charge is 0.271 e. The summed E-state index contributed by atoms with van der Waals surface area (Å²) in [6.45, 7) is 9.79. The monoisotopic (exact) mass is 478 g/mol. The third-order valence-electron chi connectivity index (χ3n) is 6.72. The minimum Gasteiger partial charge on any atom is -0.364 e. The van der Waals surface area contributed by atoms with Crippen LogP contribution in [0.25, 0.3) is 15.9 Å². The maximum atomic E-state index is 13.6. The minimum absolute atomic E-state index is 0.0335. The van der Waals surface area contributed by atoms with Gasteiger partial charge in [-0.1, -0.05) is 49.0 Å². The van der Waals surface area contributed by atoms with Crippen molar-refractivity contribution in [1.29, 1.82) is 5.26 Å². The van der Waals surface area contributed by atoms with E-state index >= 15 is 0 Å². The fraction of sp³-hybridized carbons (Fsp3) is 0.214. The average Bonchev–Trinajstić information content (AvgIpc) is 2.92. The number of nitriles is 1. The van der Waals surface area contributed by atoms with Crippen molar-refractivity contribution in [2.75, 3.05) is 31.1 Å². The lowest BCUT2D eigenvalue weighted by molar-refractivity contribution is 0.212. The Kier molecular flexibility index (Phi) is 6.20. The van der Waals surface area contributed by atoms with Gasteiger partial charge in [0.15, 0.2) is 0 Å². The molecule has 1 fully saturated rings. The summed E-state index contributed by atoms with van der Waals surface area (Å²) in [6.07, 6.45) is 0. The van der Waals surface area contributed by atoms with Gasteiger partial charge in [-0.05, 0) is 35.4 Å². The van der Waals surface area contributed by atoms with Crippen molar-refractivity contribution in [3.8, 4) is 6.07 Å². The molecule has 1 saturated heterocycles. The highest BCUT2D eigenvalue weighted by atomic mass is 19.1. The van der Waals surface area contributed by atoms with Crippen LogP contribution in [0.3, 0.4) is 0 Å². The molecular formula is C28H23FN6O. The van der Waals surface area contributed by atoms with Crippen LogP contribution < -0.4 is 10.5 Å². The van der Waals surface area contributed by atoms with Gasteiger partial charge in [-0.2, -0.15) is 5.26 Å². The molecule has 1 aliphatic rings. The van der Waals surface area contributed by atoms with Crippen molar-refractivity contribution >= 4 is 22.5 Å². The highest BCUT2D eigenvalue weighted by molar-refractivity contribution is 5.92. The fourth-order valence-corrected chi connectivity index (χ4v) is 4.95.